The Morgan fingerprint density at radius 2 is 1.62 bits per heavy atom. The fourth-order valence-electron chi connectivity index (χ4n) is 0.670. The molecule has 0 aliphatic rings. The van der Waals surface area contributed by atoms with Gasteiger partial charge in [0.15, 0.2) is 0 Å². The van der Waals surface area contributed by atoms with E-state index < -0.39 is 0 Å². The van der Waals surface area contributed by atoms with Crippen LogP contribution in [0.2, 0.25) is 0 Å². The van der Waals surface area contributed by atoms with Crippen molar-refractivity contribution in [3.63, 3.8) is 0 Å². The molecular weight excluding hydrogens is 200 g/mol. The molecule has 2 aromatic rings. The molecule has 0 saturated heterocycles. The van der Waals surface area contributed by atoms with Crippen molar-refractivity contribution in [1.29, 1.82) is 0 Å². The molecule has 0 spiro atoms. The Morgan fingerprint density at radius 3 is 1.75 bits per heavy atom. The lowest BCUT2D eigenvalue weighted by Gasteiger charge is -1.68. The molecule has 2 rings (SSSR count). The van der Waals surface area contributed by atoms with E-state index in [1.54, 1.807) is 24.9 Å². The highest BCUT2D eigenvalue weighted by Gasteiger charge is 1.74. The highest BCUT2D eigenvalue weighted by Crippen LogP contribution is 1.81. The molecule has 4 heteroatoms. The van der Waals surface area contributed by atoms with Crippen LogP contribution in [-0.2, 0) is 0 Å². The third-order valence-corrected chi connectivity index (χ3v) is 1.27. The molecule has 0 atom stereocenters. The van der Waals surface area contributed by atoms with E-state index in [0.29, 0.717) is 0 Å². The van der Waals surface area contributed by atoms with Crippen LogP contribution in [0.25, 0.3) is 0 Å². The maximum atomic E-state index is 3.86. The smallest absolute Gasteiger partial charge is 0.102 e. The van der Waals surface area contributed by atoms with Gasteiger partial charge in [-0.2, -0.15) is 0 Å². The summed E-state index contributed by atoms with van der Waals surface area (Å²) in [5.41, 5.74) is 1.11. The molecule has 0 bridgehead atoms. The van der Waals surface area contributed by atoms with E-state index in [1.807, 2.05) is 41.5 Å². The van der Waals surface area contributed by atoms with Crippen LogP contribution in [0, 0.1) is 13.8 Å². The van der Waals surface area contributed by atoms with Gasteiger partial charge >= 0.3 is 0 Å². The molecule has 0 amide bonds. The van der Waals surface area contributed by atoms with Gasteiger partial charge in [-0.15, -0.1) is 0 Å². The summed E-state index contributed by atoms with van der Waals surface area (Å²) in [5.74, 6) is 0.968. The van der Waals surface area contributed by atoms with Crippen molar-refractivity contribution in [2.24, 2.45) is 0 Å². The molecule has 2 aromatic heterocycles. The van der Waals surface area contributed by atoms with Crippen molar-refractivity contribution >= 4 is 0 Å². The molecule has 0 fully saturated rings. The number of H-pyrrole nitrogens is 2. The Hall–Kier alpha value is -1.58. The molecule has 0 aliphatic carbocycles. The number of aromatic amines is 2. The predicted molar refractivity (Wildman–Crippen MR) is 69.3 cm³/mol. The number of aromatic nitrogens is 4. The zero-order valence-corrected chi connectivity index (χ0v) is 11.2. The largest absolute Gasteiger partial charge is 0.349 e. The zero-order chi connectivity index (χ0) is 12.8. The molecule has 0 radical (unpaired) electrons. The standard InChI is InChI=1S/2C4H6N2.2C2H6/c1-4-2-5-3-6-4;1-4-5-2-3-6-4;2*1-2/h2*2-3H,1H3,(H,5,6);2*1-2H3. The molecule has 4 nitrogen and oxygen atoms in total. The van der Waals surface area contributed by atoms with Gasteiger partial charge in [0.1, 0.15) is 5.82 Å². The molecule has 2 N–H and O–H groups in total. The van der Waals surface area contributed by atoms with Gasteiger partial charge in [0, 0.05) is 24.3 Å². The van der Waals surface area contributed by atoms with Crippen LogP contribution in [0.15, 0.2) is 24.9 Å². The van der Waals surface area contributed by atoms with Crippen molar-refractivity contribution < 1.29 is 0 Å². The van der Waals surface area contributed by atoms with Gasteiger partial charge in [0.25, 0.3) is 0 Å². The van der Waals surface area contributed by atoms with Crippen molar-refractivity contribution in [1.82, 2.24) is 19.9 Å². The third kappa shape index (κ3) is 10.5. The number of hydrogen-bond acceptors (Lipinski definition) is 2. The van der Waals surface area contributed by atoms with Crippen LogP contribution in [0.1, 0.15) is 39.2 Å². The molecule has 0 aromatic carbocycles. The molecule has 0 aliphatic heterocycles. The highest BCUT2D eigenvalue weighted by molar-refractivity contribution is 4.87. The number of imidazole rings is 2. The maximum absolute atomic E-state index is 3.86. The predicted octanol–water partition coefficient (Wildman–Crippen LogP) is 3.49. The summed E-state index contributed by atoms with van der Waals surface area (Å²) in [4.78, 5) is 13.4. The number of hydrogen-bond donors (Lipinski definition) is 2. The van der Waals surface area contributed by atoms with Gasteiger partial charge in [-0.3, -0.25) is 0 Å². The van der Waals surface area contributed by atoms with E-state index in [-0.39, 0.29) is 0 Å². The first-order chi connectivity index (χ1) is 7.79. The minimum absolute atomic E-state index is 0.968. The van der Waals surface area contributed by atoms with Gasteiger partial charge in [-0.25, -0.2) is 9.97 Å². The summed E-state index contributed by atoms with van der Waals surface area (Å²) >= 11 is 0. The van der Waals surface area contributed by atoms with Gasteiger partial charge in [0.2, 0.25) is 0 Å². The summed E-state index contributed by atoms with van der Waals surface area (Å²) in [6.07, 6.45) is 6.97. The van der Waals surface area contributed by atoms with Gasteiger partial charge in [-0.1, -0.05) is 27.7 Å². The van der Waals surface area contributed by atoms with Gasteiger partial charge in [0.05, 0.1) is 6.33 Å². The van der Waals surface area contributed by atoms with E-state index in [2.05, 4.69) is 19.9 Å². The minimum atomic E-state index is 0.968. The van der Waals surface area contributed by atoms with Crippen LogP contribution in [-0.4, -0.2) is 19.9 Å². The summed E-state index contributed by atoms with van der Waals surface area (Å²) < 4.78 is 0. The summed E-state index contributed by atoms with van der Waals surface area (Å²) in [6.45, 7) is 11.9. The minimum Gasteiger partial charge on any atom is -0.349 e. The molecular formula is C12H24N4. The summed E-state index contributed by atoms with van der Waals surface area (Å²) in [6, 6.07) is 0. The zero-order valence-electron chi connectivity index (χ0n) is 11.2. The van der Waals surface area contributed by atoms with Crippen molar-refractivity contribution in [3.05, 3.63) is 36.4 Å². The van der Waals surface area contributed by atoms with Crippen molar-refractivity contribution in [2.45, 2.75) is 41.5 Å². The second-order valence-electron chi connectivity index (χ2n) is 2.41. The number of nitrogens with zero attached hydrogens (tertiary/aromatic N) is 2. The van der Waals surface area contributed by atoms with Gasteiger partial charge in [-0.05, 0) is 13.8 Å². The number of rotatable bonds is 0. The quantitative estimate of drug-likeness (QED) is 0.719. The van der Waals surface area contributed by atoms with Gasteiger partial charge < -0.3 is 9.97 Å². The molecule has 92 valence electrons. The normalized spacial score (nSPS) is 7.38. The van der Waals surface area contributed by atoms with Crippen LogP contribution in [0.3, 0.4) is 0 Å². The van der Waals surface area contributed by atoms with E-state index >= 15 is 0 Å². The van der Waals surface area contributed by atoms with E-state index in [9.17, 15) is 0 Å². The first kappa shape index (κ1) is 16.8. The Morgan fingerprint density at radius 1 is 1.00 bits per heavy atom. The van der Waals surface area contributed by atoms with E-state index in [4.69, 9.17) is 0 Å². The topological polar surface area (TPSA) is 57.4 Å². The fourth-order valence-corrected chi connectivity index (χ4v) is 0.670. The first-order valence-electron chi connectivity index (χ1n) is 5.70. The van der Waals surface area contributed by atoms with Crippen LogP contribution in [0.4, 0.5) is 0 Å². The van der Waals surface area contributed by atoms with Crippen LogP contribution < -0.4 is 0 Å². The Balaban J connectivity index is 0. The molecule has 0 unspecified atom stereocenters. The number of nitrogens with one attached hydrogen (secondary N) is 2. The maximum Gasteiger partial charge on any atom is 0.102 e. The van der Waals surface area contributed by atoms with E-state index in [1.165, 1.54) is 0 Å². The molecule has 0 saturated carbocycles. The number of aryl methyl sites for hydroxylation is 2. The van der Waals surface area contributed by atoms with Crippen LogP contribution >= 0.6 is 0 Å². The average Bonchev–Trinajstić information content (AvgIpc) is 2.98. The SMILES string of the molecule is CC.CC.Cc1cnc[nH]1.Cc1ncc[nH]1. The first-order valence-corrected chi connectivity index (χ1v) is 5.70. The lowest BCUT2D eigenvalue weighted by atomic mass is 10.6. The molecule has 2 heterocycles. The molecule has 16 heavy (non-hydrogen) atoms. The second kappa shape index (κ2) is 13.4. The second-order valence-corrected chi connectivity index (χ2v) is 2.41. The van der Waals surface area contributed by atoms with E-state index in [0.717, 1.165) is 11.5 Å². The summed E-state index contributed by atoms with van der Waals surface area (Å²) in [5, 5.41) is 0. The van der Waals surface area contributed by atoms with Crippen molar-refractivity contribution in [3.8, 4) is 0 Å². The Labute approximate surface area is 98.6 Å². The van der Waals surface area contributed by atoms with Crippen molar-refractivity contribution in [2.75, 3.05) is 0 Å². The lowest BCUT2D eigenvalue weighted by Crippen LogP contribution is -1.66. The Kier molecular flexibility index (Phi) is 14.1. The average molecular weight is 224 g/mol. The van der Waals surface area contributed by atoms with Crippen LogP contribution in [0.5, 0.6) is 0 Å². The third-order valence-electron chi connectivity index (χ3n) is 1.27. The lowest BCUT2D eigenvalue weighted by molar-refractivity contribution is 1.15. The monoisotopic (exact) mass is 224 g/mol. The highest BCUT2D eigenvalue weighted by atomic mass is 14.9. The Bertz CT molecular complexity index is 252. The summed E-state index contributed by atoms with van der Waals surface area (Å²) in [7, 11) is 0. The fraction of sp³-hybridized carbons (Fsp3) is 0.500.